The van der Waals surface area contributed by atoms with Crippen LogP contribution in [-0.2, 0) is 19.4 Å². The van der Waals surface area contributed by atoms with Crippen molar-refractivity contribution in [3.63, 3.8) is 0 Å². The van der Waals surface area contributed by atoms with E-state index < -0.39 is 21.5 Å². The zero-order valence-corrected chi connectivity index (χ0v) is 12.7. The Kier molecular flexibility index (Phi) is 6.67. The van der Waals surface area contributed by atoms with Gasteiger partial charge in [-0.1, -0.05) is 17.7 Å². The number of nitrogens with one attached hydrogen (secondary N) is 1. The first-order valence-corrected chi connectivity index (χ1v) is 8.25. The van der Waals surface area contributed by atoms with Crippen LogP contribution in [0, 0.1) is 6.92 Å². The molecule has 1 amide bonds. The Morgan fingerprint density at radius 1 is 1.25 bits per heavy atom. The summed E-state index contributed by atoms with van der Waals surface area (Å²) in [4.78, 5) is 11.8. The van der Waals surface area contributed by atoms with Gasteiger partial charge >= 0.3 is 0 Å². The second-order valence-corrected chi connectivity index (χ2v) is 6.46. The number of sulfone groups is 1. The molecule has 1 N–H and O–H groups in total. The monoisotopic (exact) mass is 299 g/mol. The minimum absolute atomic E-state index is 0.174. The fourth-order valence-electron chi connectivity index (χ4n) is 1.60. The lowest BCUT2D eigenvalue weighted by molar-refractivity contribution is -0.118. The van der Waals surface area contributed by atoms with Crippen LogP contribution in [0.2, 0.25) is 0 Å². The van der Waals surface area contributed by atoms with Crippen molar-refractivity contribution in [2.45, 2.75) is 25.2 Å². The van der Waals surface area contributed by atoms with Crippen molar-refractivity contribution in [1.29, 1.82) is 0 Å². The van der Waals surface area contributed by atoms with Crippen LogP contribution < -0.4 is 5.32 Å². The summed E-state index contributed by atoms with van der Waals surface area (Å²) < 4.78 is 29.1. The first kappa shape index (κ1) is 16.7. The van der Waals surface area contributed by atoms with Crippen LogP contribution in [0.5, 0.6) is 0 Å². The molecule has 5 nitrogen and oxygen atoms in total. The molecule has 0 heterocycles. The van der Waals surface area contributed by atoms with Gasteiger partial charge in [-0.2, -0.15) is 0 Å². The van der Waals surface area contributed by atoms with Gasteiger partial charge in [-0.15, -0.1) is 0 Å². The van der Waals surface area contributed by atoms with Crippen molar-refractivity contribution in [3.8, 4) is 0 Å². The normalized spacial score (nSPS) is 11.3. The average molecular weight is 299 g/mol. The molecule has 1 aromatic carbocycles. The molecule has 6 heteroatoms. The van der Waals surface area contributed by atoms with Crippen LogP contribution >= 0.6 is 0 Å². The molecule has 1 aromatic rings. The molecular weight excluding hydrogens is 278 g/mol. The fraction of sp³-hybridized carbons (Fsp3) is 0.500. The third-order valence-electron chi connectivity index (χ3n) is 2.69. The van der Waals surface area contributed by atoms with Crippen LogP contribution in [0.3, 0.4) is 0 Å². The maximum atomic E-state index is 12.0. The van der Waals surface area contributed by atoms with Gasteiger partial charge in [-0.05, 0) is 32.4 Å². The molecular formula is C14H21NO4S. The standard InChI is InChI=1S/C14H21NO4S/c1-3-19-10-4-9-15-14(16)11-20(17,18)13-7-5-12(2)6-8-13/h5-8H,3-4,9-11H2,1-2H3,(H,15,16). The van der Waals surface area contributed by atoms with Crippen molar-refractivity contribution in [3.05, 3.63) is 29.8 Å². The molecule has 0 unspecified atom stereocenters. The number of aryl methyl sites for hydroxylation is 1. The average Bonchev–Trinajstić information content (AvgIpc) is 2.38. The van der Waals surface area contributed by atoms with E-state index in [0.717, 1.165) is 5.56 Å². The zero-order valence-electron chi connectivity index (χ0n) is 11.9. The molecule has 0 spiro atoms. The van der Waals surface area contributed by atoms with Crippen LogP contribution in [0.25, 0.3) is 0 Å². The zero-order chi connectivity index (χ0) is 15.0. The molecule has 0 aliphatic heterocycles. The smallest absolute Gasteiger partial charge is 0.235 e. The van der Waals surface area contributed by atoms with Gasteiger partial charge in [-0.3, -0.25) is 4.79 Å². The van der Waals surface area contributed by atoms with Crippen LogP contribution in [0.4, 0.5) is 0 Å². The highest BCUT2D eigenvalue weighted by Gasteiger charge is 2.18. The predicted molar refractivity (Wildman–Crippen MR) is 77.4 cm³/mol. The molecule has 0 fully saturated rings. The highest BCUT2D eigenvalue weighted by Crippen LogP contribution is 2.11. The van der Waals surface area contributed by atoms with Crippen molar-refractivity contribution < 1.29 is 17.9 Å². The molecule has 0 atom stereocenters. The summed E-state index contributed by atoms with van der Waals surface area (Å²) in [6.45, 7) is 5.38. The molecule has 0 radical (unpaired) electrons. The molecule has 0 bridgehead atoms. The third kappa shape index (κ3) is 5.71. The van der Waals surface area contributed by atoms with E-state index in [1.165, 1.54) is 12.1 Å². The van der Waals surface area contributed by atoms with Crippen LogP contribution in [-0.4, -0.2) is 39.8 Å². The summed E-state index contributed by atoms with van der Waals surface area (Å²) in [5, 5.41) is 2.58. The van der Waals surface area contributed by atoms with Crippen molar-refractivity contribution >= 4 is 15.7 Å². The first-order valence-electron chi connectivity index (χ1n) is 6.59. The number of benzene rings is 1. The molecule has 1 rings (SSSR count). The summed E-state index contributed by atoms with van der Waals surface area (Å²) in [6, 6.07) is 6.47. The van der Waals surface area contributed by atoms with Gasteiger partial charge < -0.3 is 10.1 Å². The Morgan fingerprint density at radius 3 is 2.50 bits per heavy atom. The minimum atomic E-state index is -3.57. The number of hydrogen-bond acceptors (Lipinski definition) is 4. The van der Waals surface area contributed by atoms with E-state index in [0.29, 0.717) is 26.2 Å². The van der Waals surface area contributed by atoms with E-state index >= 15 is 0 Å². The van der Waals surface area contributed by atoms with Gasteiger partial charge in [0.15, 0.2) is 9.84 Å². The number of amides is 1. The van der Waals surface area contributed by atoms with E-state index in [2.05, 4.69) is 5.32 Å². The topological polar surface area (TPSA) is 72.5 Å². The van der Waals surface area contributed by atoms with E-state index in [1.807, 2.05) is 13.8 Å². The van der Waals surface area contributed by atoms with Gasteiger partial charge in [-0.25, -0.2) is 8.42 Å². The summed E-state index contributed by atoms with van der Waals surface area (Å²) in [5.41, 5.74) is 0.976. The Labute approximate surface area is 120 Å². The van der Waals surface area contributed by atoms with E-state index in [-0.39, 0.29) is 4.90 Å². The SMILES string of the molecule is CCOCCCNC(=O)CS(=O)(=O)c1ccc(C)cc1. The molecule has 112 valence electrons. The van der Waals surface area contributed by atoms with E-state index in [9.17, 15) is 13.2 Å². The fourth-order valence-corrected chi connectivity index (χ4v) is 2.76. The van der Waals surface area contributed by atoms with Gasteiger partial charge in [0.2, 0.25) is 5.91 Å². The van der Waals surface area contributed by atoms with E-state index in [4.69, 9.17) is 4.74 Å². The van der Waals surface area contributed by atoms with Crippen molar-refractivity contribution in [2.24, 2.45) is 0 Å². The number of carbonyl (C=O) groups excluding carboxylic acids is 1. The summed E-state index contributed by atoms with van der Waals surface area (Å²) >= 11 is 0. The summed E-state index contributed by atoms with van der Waals surface area (Å²) in [7, 11) is -3.57. The predicted octanol–water partition coefficient (Wildman–Crippen LogP) is 1.31. The summed E-state index contributed by atoms with van der Waals surface area (Å²) in [5.74, 6) is -1.01. The van der Waals surface area contributed by atoms with Gasteiger partial charge in [0.05, 0.1) is 4.90 Å². The largest absolute Gasteiger partial charge is 0.382 e. The Hall–Kier alpha value is -1.40. The Morgan fingerprint density at radius 2 is 1.90 bits per heavy atom. The lowest BCUT2D eigenvalue weighted by Gasteiger charge is -2.07. The second kappa shape index (κ2) is 8.01. The Balaban J connectivity index is 2.46. The molecule has 0 aromatic heterocycles. The van der Waals surface area contributed by atoms with Crippen molar-refractivity contribution in [2.75, 3.05) is 25.5 Å². The molecule has 20 heavy (non-hydrogen) atoms. The highest BCUT2D eigenvalue weighted by molar-refractivity contribution is 7.92. The molecule has 0 saturated carbocycles. The van der Waals surface area contributed by atoms with Gasteiger partial charge in [0, 0.05) is 19.8 Å². The molecule has 0 aliphatic carbocycles. The quantitative estimate of drug-likeness (QED) is 0.735. The maximum Gasteiger partial charge on any atom is 0.235 e. The molecule has 0 saturated heterocycles. The van der Waals surface area contributed by atoms with Gasteiger partial charge in [0.25, 0.3) is 0 Å². The highest BCUT2D eigenvalue weighted by atomic mass is 32.2. The first-order chi connectivity index (χ1) is 9.45. The van der Waals surface area contributed by atoms with Gasteiger partial charge in [0.1, 0.15) is 5.75 Å². The van der Waals surface area contributed by atoms with Crippen molar-refractivity contribution in [1.82, 2.24) is 5.32 Å². The maximum absolute atomic E-state index is 12.0. The number of ether oxygens (including phenoxy) is 1. The minimum Gasteiger partial charge on any atom is -0.382 e. The lowest BCUT2D eigenvalue weighted by atomic mass is 10.2. The molecule has 0 aliphatic rings. The number of rotatable bonds is 8. The second-order valence-electron chi connectivity index (χ2n) is 4.47. The number of hydrogen-bond donors (Lipinski definition) is 1. The van der Waals surface area contributed by atoms with Crippen LogP contribution in [0.1, 0.15) is 18.9 Å². The summed E-state index contributed by atoms with van der Waals surface area (Å²) in [6.07, 6.45) is 0.671. The lowest BCUT2D eigenvalue weighted by Crippen LogP contribution is -2.31. The third-order valence-corrected chi connectivity index (χ3v) is 4.33. The number of carbonyl (C=O) groups is 1. The Bertz CT molecular complexity index is 523. The van der Waals surface area contributed by atoms with E-state index in [1.54, 1.807) is 12.1 Å². The van der Waals surface area contributed by atoms with Crippen LogP contribution in [0.15, 0.2) is 29.2 Å².